The van der Waals surface area contributed by atoms with Gasteiger partial charge in [-0.1, -0.05) is 11.8 Å². The molecule has 1 aliphatic rings. The third kappa shape index (κ3) is 5.28. The Kier molecular flexibility index (Phi) is 6.03. The van der Waals surface area contributed by atoms with Crippen molar-refractivity contribution in [1.82, 2.24) is 0 Å². The molecule has 0 amide bonds. The number of hydrogen-bond donors (Lipinski definition) is 0. The maximum Gasteiger partial charge on any atom is 0.312 e. The van der Waals surface area contributed by atoms with Gasteiger partial charge in [-0.25, -0.2) is 0 Å². The van der Waals surface area contributed by atoms with E-state index in [2.05, 4.69) is 11.8 Å². The van der Waals surface area contributed by atoms with E-state index in [1.165, 1.54) is 0 Å². The van der Waals surface area contributed by atoms with Crippen LogP contribution < -0.4 is 0 Å². The van der Waals surface area contributed by atoms with Crippen molar-refractivity contribution in [2.75, 3.05) is 6.61 Å². The summed E-state index contributed by atoms with van der Waals surface area (Å²) >= 11 is 5.54. The second-order valence-electron chi connectivity index (χ2n) is 6.76. The number of rotatable bonds is 3. The van der Waals surface area contributed by atoms with E-state index in [1.807, 2.05) is 0 Å². The largest absolute Gasteiger partial charge is 0.452 e. The zero-order valence-corrected chi connectivity index (χ0v) is 14.6. The van der Waals surface area contributed by atoms with Crippen LogP contribution in [0.15, 0.2) is 0 Å². The lowest BCUT2D eigenvalue weighted by Crippen LogP contribution is -2.33. The Morgan fingerprint density at radius 1 is 1.32 bits per heavy atom. The van der Waals surface area contributed by atoms with Crippen LogP contribution in [0.5, 0.6) is 0 Å². The van der Waals surface area contributed by atoms with Gasteiger partial charge in [0, 0.05) is 5.92 Å². The van der Waals surface area contributed by atoms with Crippen molar-refractivity contribution in [3.63, 3.8) is 0 Å². The molecule has 6 heteroatoms. The standard InChI is InChI=1S/C16H23ClO5/c1-10(8-7-9-20-14(19)15(2,3)4)11-12(13(17)18)22-16(5,6)21-11/h10-12H,9H2,1-6H3/t10-,11-,12+/m1/s1. The molecule has 1 rings (SSSR count). The number of ether oxygens (including phenoxy) is 3. The molecular weight excluding hydrogens is 308 g/mol. The lowest BCUT2D eigenvalue weighted by Gasteiger charge is -2.18. The van der Waals surface area contributed by atoms with Gasteiger partial charge in [-0.05, 0) is 53.1 Å². The van der Waals surface area contributed by atoms with Crippen molar-refractivity contribution in [2.24, 2.45) is 11.3 Å². The molecule has 124 valence electrons. The number of esters is 1. The first-order chi connectivity index (χ1) is 9.94. The number of carbonyl (C=O) groups excluding carboxylic acids is 2. The second kappa shape index (κ2) is 6.99. The maximum atomic E-state index is 11.6. The van der Waals surface area contributed by atoms with E-state index >= 15 is 0 Å². The quantitative estimate of drug-likeness (QED) is 0.452. The lowest BCUT2D eigenvalue weighted by atomic mass is 9.97. The Morgan fingerprint density at radius 2 is 1.91 bits per heavy atom. The van der Waals surface area contributed by atoms with Crippen LogP contribution in [0.2, 0.25) is 0 Å². The predicted molar refractivity (Wildman–Crippen MR) is 82.0 cm³/mol. The van der Waals surface area contributed by atoms with E-state index in [1.54, 1.807) is 41.5 Å². The van der Waals surface area contributed by atoms with Gasteiger partial charge < -0.3 is 14.2 Å². The van der Waals surface area contributed by atoms with Crippen LogP contribution in [0.4, 0.5) is 0 Å². The van der Waals surface area contributed by atoms with Crippen molar-refractivity contribution in [3.05, 3.63) is 0 Å². The Morgan fingerprint density at radius 3 is 2.41 bits per heavy atom. The molecule has 5 nitrogen and oxygen atoms in total. The Hall–Kier alpha value is -1.09. The SMILES string of the molecule is C[C@H](C#CCOC(=O)C(C)(C)C)[C@H]1OC(C)(C)O[C@@H]1C(=O)Cl. The highest BCUT2D eigenvalue weighted by molar-refractivity contribution is 6.64. The van der Waals surface area contributed by atoms with Crippen molar-refractivity contribution in [3.8, 4) is 11.8 Å². The Labute approximate surface area is 136 Å². The molecule has 0 saturated carbocycles. The molecule has 0 bridgehead atoms. The third-order valence-corrected chi connectivity index (χ3v) is 3.28. The maximum absolute atomic E-state index is 11.6. The van der Waals surface area contributed by atoms with Crippen LogP contribution in [-0.4, -0.2) is 35.8 Å². The smallest absolute Gasteiger partial charge is 0.312 e. The molecule has 1 aliphatic heterocycles. The zero-order chi connectivity index (χ0) is 17.1. The molecule has 1 heterocycles. The Balaban J connectivity index is 2.62. The lowest BCUT2D eigenvalue weighted by molar-refractivity contribution is -0.152. The van der Waals surface area contributed by atoms with Gasteiger partial charge in [0.1, 0.15) is 6.10 Å². The van der Waals surface area contributed by atoms with Gasteiger partial charge in [0.25, 0.3) is 5.24 Å². The normalized spacial score (nSPS) is 25.0. The van der Waals surface area contributed by atoms with Crippen molar-refractivity contribution in [2.45, 2.75) is 59.5 Å². The van der Waals surface area contributed by atoms with Crippen LogP contribution in [0.25, 0.3) is 0 Å². The fourth-order valence-electron chi connectivity index (χ4n) is 1.93. The van der Waals surface area contributed by atoms with E-state index in [0.29, 0.717) is 0 Å². The summed E-state index contributed by atoms with van der Waals surface area (Å²) in [5.41, 5.74) is -0.560. The predicted octanol–water partition coefficient (Wildman–Crippen LogP) is 2.50. The van der Waals surface area contributed by atoms with E-state index in [-0.39, 0.29) is 18.5 Å². The first-order valence-electron chi connectivity index (χ1n) is 7.14. The summed E-state index contributed by atoms with van der Waals surface area (Å²) in [6.45, 7) is 10.5. The average molecular weight is 331 g/mol. The summed E-state index contributed by atoms with van der Waals surface area (Å²) in [7, 11) is 0. The number of halogens is 1. The van der Waals surface area contributed by atoms with Gasteiger partial charge in [0.05, 0.1) is 5.41 Å². The highest BCUT2D eigenvalue weighted by atomic mass is 35.5. The first-order valence-corrected chi connectivity index (χ1v) is 7.52. The van der Waals surface area contributed by atoms with Gasteiger partial charge in [0.2, 0.25) is 0 Å². The fraction of sp³-hybridized carbons (Fsp3) is 0.750. The minimum absolute atomic E-state index is 0.00307. The molecule has 0 unspecified atom stereocenters. The molecule has 1 saturated heterocycles. The molecule has 0 aromatic rings. The van der Waals surface area contributed by atoms with Crippen LogP contribution in [0.3, 0.4) is 0 Å². The van der Waals surface area contributed by atoms with Gasteiger partial charge in [0.15, 0.2) is 18.5 Å². The second-order valence-corrected chi connectivity index (χ2v) is 7.13. The summed E-state index contributed by atoms with van der Waals surface area (Å²) in [5.74, 6) is 4.20. The molecule has 1 fully saturated rings. The summed E-state index contributed by atoms with van der Waals surface area (Å²) in [4.78, 5) is 23.0. The van der Waals surface area contributed by atoms with Gasteiger partial charge in [-0.3, -0.25) is 9.59 Å². The summed E-state index contributed by atoms with van der Waals surface area (Å²) in [6.07, 6.45) is -1.40. The minimum atomic E-state index is -0.880. The molecule has 22 heavy (non-hydrogen) atoms. The monoisotopic (exact) mass is 330 g/mol. The van der Waals surface area contributed by atoms with Crippen molar-refractivity contribution < 1.29 is 23.8 Å². The van der Waals surface area contributed by atoms with Crippen LogP contribution in [0.1, 0.15) is 41.5 Å². The van der Waals surface area contributed by atoms with Gasteiger partial charge >= 0.3 is 5.97 Å². The molecule has 0 N–H and O–H groups in total. The first kappa shape index (κ1) is 19.0. The highest BCUT2D eigenvalue weighted by Gasteiger charge is 2.46. The molecule has 3 atom stereocenters. The van der Waals surface area contributed by atoms with Gasteiger partial charge in [-0.15, -0.1) is 0 Å². The fourth-order valence-corrected chi connectivity index (χ4v) is 2.10. The van der Waals surface area contributed by atoms with E-state index < -0.39 is 28.7 Å². The summed E-state index contributed by atoms with van der Waals surface area (Å²) in [5, 5.41) is -0.608. The Bertz CT molecular complexity index is 495. The number of hydrogen-bond acceptors (Lipinski definition) is 5. The average Bonchev–Trinajstić information content (AvgIpc) is 2.69. The topological polar surface area (TPSA) is 61.8 Å². The zero-order valence-electron chi connectivity index (χ0n) is 13.9. The summed E-state index contributed by atoms with van der Waals surface area (Å²) in [6, 6.07) is 0. The van der Waals surface area contributed by atoms with Crippen LogP contribution in [-0.2, 0) is 23.8 Å². The third-order valence-electron chi connectivity index (χ3n) is 3.06. The van der Waals surface area contributed by atoms with E-state index in [0.717, 1.165) is 0 Å². The highest BCUT2D eigenvalue weighted by Crippen LogP contribution is 2.33. The van der Waals surface area contributed by atoms with E-state index in [4.69, 9.17) is 25.8 Å². The van der Waals surface area contributed by atoms with Crippen LogP contribution >= 0.6 is 11.6 Å². The minimum Gasteiger partial charge on any atom is -0.452 e. The molecule has 0 spiro atoms. The molecule has 0 aliphatic carbocycles. The molecule has 0 aromatic carbocycles. The van der Waals surface area contributed by atoms with Crippen LogP contribution in [0, 0.1) is 23.2 Å². The van der Waals surface area contributed by atoms with Crippen molar-refractivity contribution >= 4 is 22.8 Å². The molecule has 0 aromatic heterocycles. The molecule has 0 radical (unpaired) electrons. The van der Waals surface area contributed by atoms with Gasteiger partial charge in [-0.2, -0.15) is 0 Å². The summed E-state index contributed by atoms with van der Waals surface area (Å²) < 4.78 is 16.2. The van der Waals surface area contributed by atoms with E-state index in [9.17, 15) is 9.59 Å². The number of carbonyl (C=O) groups is 2. The molecular formula is C16H23ClO5. The van der Waals surface area contributed by atoms with Crippen molar-refractivity contribution in [1.29, 1.82) is 0 Å².